The molecule has 11 heteroatoms. The number of pyridine rings is 1. The van der Waals surface area contributed by atoms with Crippen molar-refractivity contribution in [3.05, 3.63) is 66.4 Å². The Labute approximate surface area is 206 Å². The topological polar surface area (TPSA) is 91.3 Å². The molecular weight excluding hydrogens is 473 g/mol. The first-order valence-electron chi connectivity index (χ1n) is 11.3. The second kappa shape index (κ2) is 9.92. The van der Waals surface area contributed by atoms with Crippen LogP contribution in [-0.2, 0) is 11.0 Å². The second-order valence-corrected chi connectivity index (χ2v) is 8.85. The number of rotatable bonds is 6. The van der Waals surface area contributed by atoms with Gasteiger partial charge in [0.2, 0.25) is 5.91 Å². The molecule has 3 amide bonds. The Bertz CT molecular complexity index is 1260. The number of carbonyl (C=O) groups excluding carboxylic acids is 2. The van der Waals surface area contributed by atoms with Crippen molar-refractivity contribution in [1.82, 2.24) is 19.9 Å². The molecule has 188 valence electrons. The van der Waals surface area contributed by atoms with E-state index in [4.69, 9.17) is 0 Å². The van der Waals surface area contributed by atoms with Crippen molar-refractivity contribution in [2.45, 2.75) is 33.0 Å². The number of benzene rings is 1. The predicted molar refractivity (Wildman–Crippen MR) is 128 cm³/mol. The number of hydrogen-bond acceptors (Lipinski definition) is 5. The van der Waals surface area contributed by atoms with Gasteiger partial charge < -0.3 is 10.2 Å². The summed E-state index contributed by atoms with van der Waals surface area (Å²) < 4.78 is 38.6. The quantitative estimate of drug-likeness (QED) is 0.529. The second-order valence-electron chi connectivity index (χ2n) is 8.85. The smallest absolute Gasteiger partial charge is 0.325 e. The van der Waals surface area contributed by atoms with Crippen LogP contribution in [0, 0.1) is 12.8 Å². The molecule has 36 heavy (non-hydrogen) atoms. The predicted octanol–water partition coefficient (Wildman–Crippen LogP) is 4.77. The molecule has 4 rings (SSSR count). The van der Waals surface area contributed by atoms with Gasteiger partial charge in [-0.1, -0.05) is 26.0 Å². The van der Waals surface area contributed by atoms with E-state index in [0.717, 1.165) is 17.8 Å². The summed E-state index contributed by atoms with van der Waals surface area (Å²) in [7, 11) is 0. The Morgan fingerprint density at radius 2 is 1.94 bits per heavy atom. The van der Waals surface area contributed by atoms with E-state index in [-0.39, 0.29) is 30.7 Å². The number of hydrogen-bond donors (Lipinski definition) is 1. The van der Waals surface area contributed by atoms with Crippen molar-refractivity contribution in [2.75, 3.05) is 23.3 Å². The number of amides is 3. The van der Waals surface area contributed by atoms with Crippen LogP contribution in [0.3, 0.4) is 0 Å². The molecule has 1 atom stereocenters. The van der Waals surface area contributed by atoms with Gasteiger partial charge in [0.05, 0.1) is 23.6 Å². The minimum atomic E-state index is -4.57. The first-order chi connectivity index (χ1) is 17.0. The Morgan fingerprint density at radius 3 is 2.58 bits per heavy atom. The zero-order chi connectivity index (χ0) is 26.0. The molecule has 8 nitrogen and oxygen atoms in total. The molecule has 1 aromatic carbocycles. The molecule has 3 aromatic rings. The number of aromatic nitrogens is 3. The molecule has 0 saturated carbocycles. The van der Waals surface area contributed by atoms with Crippen molar-refractivity contribution in [3.8, 4) is 11.3 Å². The average Bonchev–Trinajstić information content (AvgIpc) is 3.15. The maximum Gasteiger partial charge on any atom is 0.433 e. The van der Waals surface area contributed by atoms with Gasteiger partial charge in [-0.2, -0.15) is 13.2 Å². The molecule has 1 fully saturated rings. The van der Waals surface area contributed by atoms with Crippen LogP contribution in [0.25, 0.3) is 11.3 Å². The van der Waals surface area contributed by atoms with Crippen LogP contribution in [0.2, 0.25) is 0 Å². The lowest BCUT2D eigenvalue weighted by molar-refractivity contribution is -0.141. The summed E-state index contributed by atoms with van der Waals surface area (Å²) in [5.74, 6) is 0.248. The monoisotopic (exact) mass is 498 g/mol. The van der Waals surface area contributed by atoms with Gasteiger partial charge in [0, 0.05) is 24.0 Å². The zero-order valence-electron chi connectivity index (χ0n) is 20.0. The highest BCUT2D eigenvalue weighted by atomic mass is 19.4. The maximum absolute atomic E-state index is 13.2. The number of nitrogens with zero attached hydrogens (tertiary/aromatic N) is 5. The maximum atomic E-state index is 13.2. The van der Waals surface area contributed by atoms with Gasteiger partial charge >= 0.3 is 12.2 Å². The minimum Gasteiger partial charge on any atom is -0.325 e. The van der Waals surface area contributed by atoms with E-state index in [9.17, 15) is 22.8 Å². The first-order valence-corrected chi connectivity index (χ1v) is 11.3. The normalized spacial score (nSPS) is 16.1. The Kier molecular flexibility index (Phi) is 6.91. The average molecular weight is 499 g/mol. The number of anilines is 2. The lowest BCUT2D eigenvalue weighted by atomic mass is 10.0. The Morgan fingerprint density at radius 1 is 1.17 bits per heavy atom. The van der Waals surface area contributed by atoms with Gasteiger partial charge in [-0.15, -0.1) is 0 Å². The highest BCUT2D eigenvalue weighted by Crippen LogP contribution is 2.31. The van der Waals surface area contributed by atoms with Crippen LogP contribution in [0.4, 0.5) is 29.3 Å². The van der Waals surface area contributed by atoms with Crippen molar-refractivity contribution in [2.24, 2.45) is 5.92 Å². The molecule has 1 saturated heterocycles. The Balaban J connectivity index is 1.48. The number of urea groups is 1. The summed E-state index contributed by atoms with van der Waals surface area (Å²) in [4.78, 5) is 40.8. The van der Waals surface area contributed by atoms with Gasteiger partial charge in [0.1, 0.15) is 18.1 Å². The molecule has 3 heterocycles. The zero-order valence-corrected chi connectivity index (χ0v) is 20.0. The molecule has 0 aliphatic carbocycles. The largest absolute Gasteiger partial charge is 0.433 e. The fraction of sp³-hybridized carbons (Fsp3) is 0.320. The van der Waals surface area contributed by atoms with Crippen LogP contribution in [0.15, 0.2) is 54.9 Å². The lowest BCUT2D eigenvalue weighted by Crippen LogP contribution is -2.42. The lowest BCUT2D eigenvalue weighted by Gasteiger charge is -2.25. The molecule has 0 radical (unpaired) electrons. The molecule has 0 bridgehead atoms. The molecule has 1 N–H and O–H groups in total. The molecule has 2 aromatic heterocycles. The van der Waals surface area contributed by atoms with Gasteiger partial charge in [-0.3, -0.25) is 9.69 Å². The molecular formula is C25H25F3N6O2. The fourth-order valence-electron chi connectivity index (χ4n) is 4.07. The first kappa shape index (κ1) is 25.1. The molecule has 0 spiro atoms. The van der Waals surface area contributed by atoms with E-state index >= 15 is 0 Å². The van der Waals surface area contributed by atoms with Crippen LogP contribution < -0.4 is 10.2 Å². The van der Waals surface area contributed by atoms with Crippen LogP contribution in [0.5, 0.6) is 0 Å². The summed E-state index contributed by atoms with van der Waals surface area (Å²) in [6.45, 7) is 5.66. The third-order valence-electron chi connectivity index (χ3n) is 5.90. The van der Waals surface area contributed by atoms with Gasteiger partial charge in [-0.25, -0.2) is 19.7 Å². The fourth-order valence-corrected chi connectivity index (χ4v) is 4.07. The number of aryl methyl sites for hydroxylation is 1. The van der Waals surface area contributed by atoms with Crippen LogP contribution in [-0.4, -0.2) is 50.9 Å². The van der Waals surface area contributed by atoms with Crippen LogP contribution >= 0.6 is 0 Å². The van der Waals surface area contributed by atoms with E-state index in [1.54, 1.807) is 37.4 Å². The summed E-state index contributed by atoms with van der Waals surface area (Å²) >= 11 is 0. The van der Waals surface area contributed by atoms with E-state index in [1.165, 1.54) is 15.9 Å². The van der Waals surface area contributed by atoms with E-state index in [1.807, 2.05) is 19.9 Å². The van der Waals surface area contributed by atoms with Gasteiger partial charge in [0.25, 0.3) is 0 Å². The van der Waals surface area contributed by atoms with Crippen molar-refractivity contribution >= 4 is 23.3 Å². The van der Waals surface area contributed by atoms with Crippen LogP contribution in [0.1, 0.15) is 25.4 Å². The number of alkyl halides is 3. The Hall–Kier alpha value is -4.02. The van der Waals surface area contributed by atoms with Gasteiger partial charge in [-0.05, 0) is 43.2 Å². The number of nitrogens with one attached hydrogen (secondary N) is 1. The standard InChI is InChI=1S/C25H25F3N6O2/c1-15(2)21-13-33(19-7-8-22(30-12-19)25(26,27)28)24(36)34(21)14-23(35)32-18-6-4-5-17(11-18)20-9-10-29-16(3)31-20/h4-12,15,21H,13-14H2,1-3H3,(H,32,35)/t21-/m1/s1. The van der Waals surface area contributed by atoms with Gasteiger partial charge in [0.15, 0.2) is 0 Å². The van der Waals surface area contributed by atoms with Crippen molar-refractivity contribution < 1.29 is 22.8 Å². The molecule has 1 aliphatic rings. The molecule has 0 unspecified atom stereocenters. The van der Waals surface area contributed by atoms with E-state index in [2.05, 4.69) is 20.3 Å². The van der Waals surface area contributed by atoms with Crippen molar-refractivity contribution in [3.63, 3.8) is 0 Å². The SMILES string of the molecule is Cc1nccc(-c2cccc(NC(=O)CN3C(=O)N(c4ccc(C(F)(F)F)nc4)C[C@@H]3C(C)C)c2)n1. The van der Waals surface area contributed by atoms with E-state index < -0.39 is 23.8 Å². The van der Waals surface area contributed by atoms with E-state index in [0.29, 0.717) is 17.2 Å². The number of carbonyl (C=O) groups is 2. The highest BCUT2D eigenvalue weighted by Gasteiger charge is 2.41. The summed E-state index contributed by atoms with van der Waals surface area (Å²) in [5.41, 5.74) is 1.28. The van der Waals surface area contributed by atoms with Crippen molar-refractivity contribution in [1.29, 1.82) is 0 Å². The minimum absolute atomic E-state index is 0.0125. The highest BCUT2D eigenvalue weighted by molar-refractivity contribution is 5.99. The summed E-state index contributed by atoms with van der Waals surface area (Å²) in [5, 5.41) is 2.82. The molecule has 1 aliphatic heterocycles. The third kappa shape index (κ3) is 5.45. The third-order valence-corrected chi connectivity index (χ3v) is 5.90. The summed E-state index contributed by atoms with van der Waals surface area (Å²) in [6, 6.07) is 10.2. The summed E-state index contributed by atoms with van der Waals surface area (Å²) in [6.07, 6.45) is -1.88. The number of halogens is 3.